The standard InChI is InChI=1S/C24H24N2O3/c1-16-19-10-4-5-11-21(19)25-17(2)20(16)14-24(28)29-15-23(27)26-13-7-9-18-8-3-6-12-22(18)26/h3-6,8,10-12H,7,9,13-15H2,1-2H3. The van der Waals surface area contributed by atoms with E-state index in [0.717, 1.165) is 51.8 Å². The molecule has 1 aromatic heterocycles. The van der Waals surface area contributed by atoms with Crippen molar-refractivity contribution in [2.75, 3.05) is 18.1 Å². The normalized spacial score (nSPS) is 13.2. The Balaban J connectivity index is 1.44. The summed E-state index contributed by atoms with van der Waals surface area (Å²) < 4.78 is 5.34. The fraction of sp³-hybridized carbons (Fsp3) is 0.292. The van der Waals surface area contributed by atoms with E-state index in [2.05, 4.69) is 4.98 Å². The summed E-state index contributed by atoms with van der Waals surface area (Å²) in [5.74, 6) is -0.595. The number of para-hydroxylation sites is 2. The third kappa shape index (κ3) is 3.86. The van der Waals surface area contributed by atoms with E-state index >= 15 is 0 Å². The van der Waals surface area contributed by atoms with E-state index < -0.39 is 5.97 Å². The molecule has 2 heterocycles. The van der Waals surface area contributed by atoms with Gasteiger partial charge in [-0.15, -0.1) is 0 Å². The van der Waals surface area contributed by atoms with Crippen molar-refractivity contribution in [3.8, 4) is 0 Å². The molecule has 0 atom stereocenters. The van der Waals surface area contributed by atoms with Gasteiger partial charge >= 0.3 is 5.97 Å². The number of aryl methyl sites for hydroxylation is 3. The van der Waals surface area contributed by atoms with Gasteiger partial charge in [0.2, 0.25) is 0 Å². The van der Waals surface area contributed by atoms with E-state index in [4.69, 9.17) is 4.74 Å². The quantitative estimate of drug-likeness (QED) is 0.636. The lowest BCUT2D eigenvalue weighted by Gasteiger charge is -2.29. The summed E-state index contributed by atoms with van der Waals surface area (Å²) in [6.45, 7) is 4.31. The van der Waals surface area contributed by atoms with E-state index in [-0.39, 0.29) is 18.9 Å². The number of benzene rings is 2. The topological polar surface area (TPSA) is 59.5 Å². The van der Waals surface area contributed by atoms with Gasteiger partial charge in [-0.05, 0) is 55.5 Å². The molecule has 0 radical (unpaired) electrons. The highest BCUT2D eigenvalue weighted by atomic mass is 16.5. The summed E-state index contributed by atoms with van der Waals surface area (Å²) in [7, 11) is 0. The zero-order valence-corrected chi connectivity index (χ0v) is 16.8. The minimum Gasteiger partial charge on any atom is -0.455 e. The molecule has 0 saturated carbocycles. The number of rotatable bonds is 4. The highest BCUT2D eigenvalue weighted by Crippen LogP contribution is 2.27. The Hall–Kier alpha value is -3.21. The summed E-state index contributed by atoms with van der Waals surface area (Å²) >= 11 is 0. The summed E-state index contributed by atoms with van der Waals surface area (Å²) in [5.41, 5.74) is 5.70. The number of esters is 1. The van der Waals surface area contributed by atoms with Crippen molar-refractivity contribution in [3.05, 3.63) is 70.9 Å². The number of hydrogen-bond donors (Lipinski definition) is 0. The first-order valence-corrected chi connectivity index (χ1v) is 9.93. The molecule has 5 nitrogen and oxygen atoms in total. The van der Waals surface area contributed by atoms with Crippen LogP contribution in [0, 0.1) is 13.8 Å². The van der Waals surface area contributed by atoms with E-state index in [1.54, 1.807) is 4.90 Å². The predicted molar refractivity (Wildman–Crippen MR) is 113 cm³/mol. The van der Waals surface area contributed by atoms with Gasteiger partial charge in [0.25, 0.3) is 5.91 Å². The van der Waals surface area contributed by atoms with E-state index in [1.165, 1.54) is 0 Å². The number of amides is 1. The van der Waals surface area contributed by atoms with Crippen LogP contribution in [0.15, 0.2) is 48.5 Å². The molecule has 2 aromatic carbocycles. The van der Waals surface area contributed by atoms with Crippen molar-refractivity contribution in [2.24, 2.45) is 0 Å². The van der Waals surface area contributed by atoms with Crippen molar-refractivity contribution in [2.45, 2.75) is 33.1 Å². The maximum Gasteiger partial charge on any atom is 0.310 e. The molecule has 0 aliphatic carbocycles. The lowest BCUT2D eigenvalue weighted by atomic mass is 10.00. The van der Waals surface area contributed by atoms with E-state index in [1.807, 2.05) is 62.4 Å². The molecular formula is C24H24N2O3. The van der Waals surface area contributed by atoms with Gasteiger partial charge in [0.1, 0.15) is 0 Å². The van der Waals surface area contributed by atoms with Gasteiger partial charge in [0.15, 0.2) is 6.61 Å². The molecule has 0 bridgehead atoms. The molecule has 1 aliphatic rings. The molecular weight excluding hydrogens is 364 g/mol. The third-order valence-electron chi connectivity index (χ3n) is 5.57. The number of carbonyl (C=O) groups is 2. The van der Waals surface area contributed by atoms with E-state index in [9.17, 15) is 9.59 Å². The lowest BCUT2D eigenvalue weighted by Crippen LogP contribution is -2.38. The third-order valence-corrected chi connectivity index (χ3v) is 5.57. The molecule has 4 rings (SSSR count). The van der Waals surface area contributed by atoms with Gasteiger partial charge in [-0.25, -0.2) is 0 Å². The fourth-order valence-electron chi connectivity index (χ4n) is 4.04. The molecule has 1 amide bonds. The van der Waals surface area contributed by atoms with Gasteiger partial charge in [0.05, 0.1) is 11.9 Å². The van der Waals surface area contributed by atoms with Crippen molar-refractivity contribution < 1.29 is 14.3 Å². The maximum absolute atomic E-state index is 12.7. The Morgan fingerprint density at radius 1 is 1.07 bits per heavy atom. The fourth-order valence-corrected chi connectivity index (χ4v) is 4.04. The van der Waals surface area contributed by atoms with Crippen LogP contribution in [-0.2, 0) is 27.2 Å². The average Bonchev–Trinajstić information content (AvgIpc) is 2.74. The van der Waals surface area contributed by atoms with Crippen LogP contribution in [0.1, 0.15) is 28.8 Å². The van der Waals surface area contributed by atoms with Crippen LogP contribution in [0.25, 0.3) is 10.9 Å². The van der Waals surface area contributed by atoms with Gasteiger partial charge in [0, 0.05) is 23.3 Å². The molecule has 148 valence electrons. The Bertz CT molecular complexity index is 1090. The molecule has 0 fully saturated rings. The second kappa shape index (κ2) is 8.03. The van der Waals surface area contributed by atoms with Gasteiger partial charge < -0.3 is 9.64 Å². The van der Waals surface area contributed by atoms with Crippen LogP contribution in [0.4, 0.5) is 5.69 Å². The van der Waals surface area contributed by atoms with Crippen molar-refractivity contribution in [3.63, 3.8) is 0 Å². The van der Waals surface area contributed by atoms with Crippen LogP contribution in [0.2, 0.25) is 0 Å². The minimum atomic E-state index is -0.410. The Labute approximate surface area is 170 Å². The van der Waals surface area contributed by atoms with Gasteiger partial charge in [-0.3, -0.25) is 14.6 Å². The van der Waals surface area contributed by atoms with E-state index in [0.29, 0.717) is 6.54 Å². The number of fused-ring (bicyclic) bond motifs is 2. The number of hydrogen-bond acceptors (Lipinski definition) is 4. The largest absolute Gasteiger partial charge is 0.455 e. The smallest absolute Gasteiger partial charge is 0.310 e. The predicted octanol–water partition coefficient (Wildman–Crippen LogP) is 3.92. The molecule has 0 N–H and O–H groups in total. The highest BCUT2D eigenvalue weighted by Gasteiger charge is 2.23. The van der Waals surface area contributed by atoms with Gasteiger partial charge in [-0.1, -0.05) is 36.4 Å². The number of pyridine rings is 1. The van der Waals surface area contributed by atoms with Crippen molar-refractivity contribution in [1.82, 2.24) is 4.98 Å². The number of carbonyl (C=O) groups excluding carboxylic acids is 2. The highest BCUT2D eigenvalue weighted by molar-refractivity contribution is 5.96. The first-order valence-electron chi connectivity index (χ1n) is 9.93. The SMILES string of the molecule is Cc1nc2ccccc2c(C)c1CC(=O)OCC(=O)N1CCCc2ccccc21. The monoisotopic (exact) mass is 388 g/mol. The average molecular weight is 388 g/mol. The Kier molecular flexibility index (Phi) is 5.30. The summed E-state index contributed by atoms with van der Waals surface area (Å²) in [6, 6.07) is 15.8. The second-order valence-electron chi connectivity index (χ2n) is 7.43. The zero-order valence-electron chi connectivity index (χ0n) is 16.8. The summed E-state index contributed by atoms with van der Waals surface area (Å²) in [6.07, 6.45) is 1.99. The first-order chi connectivity index (χ1) is 14.0. The maximum atomic E-state index is 12.7. The molecule has 1 aliphatic heterocycles. The summed E-state index contributed by atoms with van der Waals surface area (Å²) in [5, 5.41) is 1.03. The molecule has 0 unspecified atom stereocenters. The second-order valence-corrected chi connectivity index (χ2v) is 7.43. The number of aromatic nitrogens is 1. The van der Waals surface area contributed by atoms with Crippen molar-refractivity contribution in [1.29, 1.82) is 0 Å². The number of ether oxygens (including phenoxy) is 1. The number of nitrogens with zero attached hydrogens (tertiary/aromatic N) is 2. The zero-order chi connectivity index (χ0) is 20.4. The number of anilines is 1. The molecule has 29 heavy (non-hydrogen) atoms. The minimum absolute atomic E-state index is 0.110. The molecule has 5 heteroatoms. The van der Waals surface area contributed by atoms with Crippen LogP contribution < -0.4 is 4.90 Å². The van der Waals surface area contributed by atoms with Crippen LogP contribution in [-0.4, -0.2) is 30.0 Å². The van der Waals surface area contributed by atoms with Crippen molar-refractivity contribution >= 4 is 28.5 Å². The van der Waals surface area contributed by atoms with Crippen LogP contribution in [0.5, 0.6) is 0 Å². The van der Waals surface area contributed by atoms with Gasteiger partial charge in [-0.2, -0.15) is 0 Å². The molecule has 3 aromatic rings. The first kappa shape index (κ1) is 19.1. The Morgan fingerprint density at radius 3 is 2.69 bits per heavy atom. The summed E-state index contributed by atoms with van der Waals surface area (Å²) in [4.78, 5) is 31.5. The molecule has 0 saturated heterocycles. The van der Waals surface area contributed by atoms with Crippen LogP contribution in [0.3, 0.4) is 0 Å². The van der Waals surface area contributed by atoms with Crippen LogP contribution >= 0.6 is 0 Å². The lowest BCUT2D eigenvalue weighted by molar-refractivity contribution is -0.147. The molecule has 0 spiro atoms. The Morgan fingerprint density at radius 2 is 1.83 bits per heavy atom.